The van der Waals surface area contributed by atoms with Gasteiger partial charge in [-0.2, -0.15) is 10.2 Å². The maximum atomic E-state index is 12.5. The van der Waals surface area contributed by atoms with Crippen molar-refractivity contribution in [3.05, 3.63) is 29.7 Å². The van der Waals surface area contributed by atoms with Crippen molar-refractivity contribution < 1.29 is 9.59 Å². The van der Waals surface area contributed by atoms with E-state index in [1.54, 1.807) is 28.0 Å². The summed E-state index contributed by atoms with van der Waals surface area (Å²) >= 11 is 0. The average molecular weight is 314 g/mol. The number of H-pyrrole nitrogens is 1. The number of nitrogens with zero attached hydrogens (tertiary/aromatic N) is 4. The zero-order valence-electron chi connectivity index (χ0n) is 12.8. The molecule has 120 valence electrons. The van der Waals surface area contributed by atoms with Gasteiger partial charge in [0.05, 0.1) is 17.5 Å². The van der Waals surface area contributed by atoms with Gasteiger partial charge in [-0.15, -0.1) is 0 Å². The highest BCUT2D eigenvalue weighted by Gasteiger charge is 2.36. The number of rotatable bonds is 4. The highest BCUT2D eigenvalue weighted by Crippen LogP contribution is 2.40. The van der Waals surface area contributed by atoms with Gasteiger partial charge in [-0.05, 0) is 19.3 Å². The second-order valence-electron chi connectivity index (χ2n) is 6.12. The molecule has 2 aromatic rings. The quantitative estimate of drug-likeness (QED) is 0.861. The van der Waals surface area contributed by atoms with E-state index in [1.807, 2.05) is 7.05 Å². The van der Waals surface area contributed by atoms with Crippen LogP contribution in [-0.4, -0.2) is 44.4 Å². The first kappa shape index (κ1) is 14.0. The minimum absolute atomic E-state index is 0.117. The molecule has 1 saturated carbocycles. The lowest BCUT2D eigenvalue weighted by Gasteiger charge is -2.14. The maximum Gasteiger partial charge on any atom is 0.255 e. The third-order valence-corrected chi connectivity index (χ3v) is 4.39. The van der Waals surface area contributed by atoms with Crippen LogP contribution >= 0.6 is 0 Å². The van der Waals surface area contributed by atoms with E-state index in [1.165, 1.54) is 0 Å². The third-order valence-electron chi connectivity index (χ3n) is 4.39. The van der Waals surface area contributed by atoms with Crippen LogP contribution in [0.4, 0.5) is 5.82 Å². The van der Waals surface area contributed by atoms with Crippen molar-refractivity contribution in [3.63, 3.8) is 0 Å². The van der Waals surface area contributed by atoms with Gasteiger partial charge in [-0.1, -0.05) is 0 Å². The third kappa shape index (κ3) is 2.49. The van der Waals surface area contributed by atoms with Gasteiger partial charge in [0.25, 0.3) is 11.8 Å². The molecule has 8 nitrogen and oxygen atoms in total. The number of aromatic amines is 1. The fraction of sp³-hybridized carbons (Fsp3) is 0.467. The topological polar surface area (TPSA) is 95.9 Å². The van der Waals surface area contributed by atoms with Gasteiger partial charge < -0.3 is 5.32 Å². The molecule has 1 aliphatic heterocycles. The molecule has 1 saturated heterocycles. The Morgan fingerprint density at radius 2 is 2.22 bits per heavy atom. The number of carbonyl (C=O) groups is 2. The van der Waals surface area contributed by atoms with E-state index in [0.717, 1.165) is 18.5 Å². The van der Waals surface area contributed by atoms with Crippen LogP contribution in [0.2, 0.25) is 0 Å². The highest BCUT2D eigenvalue weighted by molar-refractivity contribution is 6.03. The fourth-order valence-corrected chi connectivity index (χ4v) is 2.98. The first-order valence-electron chi connectivity index (χ1n) is 7.78. The van der Waals surface area contributed by atoms with Crippen LogP contribution in [0.15, 0.2) is 18.5 Å². The summed E-state index contributed by atoms with van der Waals surface area (Å²) in [5.41, 5.74) is 1.44. The van der Waals surface area contributed by atoms with Crippen LogP contribution in [0.25, 0.3) is 0 Å². The molecule has 1 atom stereocenters. The Labute approximate surface area is 132 Å². The van der Waals surface area contributed by atoms with Crippen molar-refractivity contribution in [2.24, 2.45) is 7.05 Å². The fourth-order valence-electron chi connectivity index (χ4n) is 2.98. The predicted molar refractivity (Wildman–Crippen MR) is 82.0 cm³/mol. The maximum absolute atomic E-state index is 12.5. The SMILES string of the molecule is Cn1ccc(N2CCC(NC(=O)c3cn[nH]c3C3CC3)C2=O)n1. The Balaban J connectivity index is 1.46. The van der Waals surface area contributed by atoms with E-state index in [4.69, 9.17) is 0 Å². The Kier molecular flexibility index (Phi) is 3.17. The van der Waals surface area contributed by atoms with Crippen LogP contribution in [0.5, 0.6) is 0 Å². The van der Waals surface area contributed by atoms with Crippen LogP contribution in [0.3, 0.4) is 0 Å². The van der Waals surface area contributed by atoms with E-state index in [2.05, 4.69) is 20.6 Å². The van der Waals surface area contributed by atoms with Crippen molar-refractivity contribution in [2.45, 2.75) is 31.2 Å². The number of hydrogen-bond acceptors (Lipinski definition) is 4. The molecule has 2 aliphatic rings. The Bertz CT molecular complexity index is 760. The molecule has 1 aliphatic carbocycles. The Morgan fingerprint density at radius 3 is 2.91 bits per heavy atom. The van der Waals surface area contributed by atoms with Crippen LogP contribution in [0.1, 0.15) is 41.2 Å². The van der Waals surface area contributed by atoms with Crippen LogP contribution in [-0.2, 0) is 11.8 Å². The molecule has 2 N–H and O–H groups in total. The summed E-state index contributed by atoms with van der Waals surface area (Å²) in [4.78, 5) is 26.5. The smallest absolute Gasteiger partial charge is 0.255 e. The van der Waals surface area contributed by atoms with Crippen molar-refractivity contribution >= 4 is 17.6 Å². The molecule has 0 radical (unpaired) electrons. The van der Waals surface area contributed by atoms with E-state index in [0.29, 0.717) is 30.3 Å². The summed E-state index contributed by atoms with van der Waals surface area (Å²) in [6, 6.07) is 1.29. The number of anilines is 1. The molecule has 0 bridgehead atoms. The summed E-state index contributed by atoms with van der Waals surface area (Å²) in [5, 5.41) is 14.0. The molecule has 2 aromatic heterocycles. The lowest BCUT2D eigenvalue weighted by Crippen LogP contribution is -2.41. The summed E-state index contributed by atoms with van der Waals surface area (Å²) < 4.78 is 1.65. The second-order valence-corrected chi connectivity index (χ2v) is 6.12. The minimum atomic E-state index is -0.508. The minimum Gasteiger partial charge on any atom is -0.340 e. The molecule has 2 fully saturated rings. The number of nitrogens with one attached hydrogen (secondary N) is 2. The number of amides is 2. The van der Waals surface area contributed by atoms with E-state index in [-0.39, 0.29) is 11.8 Å². The lowest BCUT2D eigenvalue weighted by molar-refractivity contribution is -0.118. The molecule has 4 rings (SSSR count). The second kappa shape index (κ2) is 5.22. The lowest BCUT2D eigenvalue weighted by atomic mass is 10.1. The zero-order valence-corrected chi connectivity index (χ0v) is 12.8. The predicted octanol–water partition coefficient (Wildman–Crippen LogP) is 0.556. The van der Waals surface area contributed by atoms with Crippen molar-refractivity contribution in [3.8, 4) is 0 Å². The highest BCUT2D eigenvalue weighted by atomic mass is 16.2. The number of aromatic nitrogens is 4. The van der Waals surface area contributed by atoms with Crippen LogP contribution < -0.4 is 10.2 Å². The van der Waals surface area contributed by atoms with E-state index < -0.39 is 6.04 Å². The molecule has 0 aromatic carbocycles. The van der Waals surface area contributed by atoms with Gasteiger partial charge in [0.2, 0.25) is 0 Å². The normalized spacial score (nSPS) is 21.0. The molecule has 23 heavy (non-hydrogen) atoms. The summed E-state index contributed by atoms with van der Waals surface area (Å²) in [6.45, 7) is 0.557. The first-order chi connectivity index (χ1) is 11.1. The van der Waals surface area contributed by atoms with Crippen molar-refractivity contribution in [2.75, 3.05) is 11.4 Å². The van der Waals surface area contributed by atoms with E-state index in [9.17, 15) is 9.59 Å². The van der Waals surface area contributed by atoms with Gasteiger partial charge in [-0.25, -0.2) is 0 Å². The largest absolute Gasteiger partial charge is 0.340 e. The van der Waals surface area contributed by atoms with Gasteiger partial charge in [0.15, 0.2) is 5.82 Å². The first-order valence-corrected chi connectivity index (χ1v) is 7.78. The number of hydrogen-bond donors (Lipinski definition) is 2. The van der Waals surface area contributed by atoms with Crippen LogP contribution in [0, 0.1) is 0 Å². The summed E-state index contributed by atoms with van der Waals surface area (Å²) in [5.74, 6) is 0.675. The summed E-state index contributed by atoms with van der Waals surface area (Å²) in [6.07, 6.45) is 6.08. The Hall–Kier alpha value is -2.64. The Morgan fingerprint density at radius 1 is 1.39 bits per heavy atom. The molecule has 2 amide bonds. The van der Waals surface area contributed by atoms with Crippen molar-refractivity contribution in [1.82, 2.24) is 25.3 Å². The van der Waals surface area contributed by atoms with E-state index >= 15 is 0 Å². The van der Waals surface area contributed by atoms with Gasteiger partial charge in [0.1, 0.15) is 6.04 Å². The van der Waals surface area contributed by atoms with Gasteiger partial charge in [-0.3, -0.25) is 24.3 Å². The summed E-state index contributed by atoms with van der Waals surface area (Å²) in [7, 11) is 1.81. The molecule has 8 heteroatoms. The zero-order chi connectivity index (χ0) is 16.0. The standard InChI is InChI=1S/C15H18N6O2/c1-20-6-5-12(19-20)21-7-4-11(15(21)23)17-14(22)10-8-16-18-13(10)9-2-3-9/h5-6,8-9,11H,2-4,7H2,1H3,(H,16,18)(H,17,22). The monoisotopic (exact) mass is 314 g/mol. The molecular formula is C15H18N6O2. The molecule has 3 heterocycles. The number of aryl methyl sites for hydroxylation is 1. The molecular weight excluding hydrogens is 296 g/mol. The average Bonchev–Trinajstić information content (AvgIpc) is 2.93. The number of carbonyl (C=O) groups excluding carboxylic acids is 2. The molecule has 0 spiro atoms. The van der Waals surface area contributed by atoms with Gasteiger partial charge >= 0.3 is 0 Å². The van der Waals surface area contributed by atoms with Crippen molar-refractivity contribution in [1.29, 1.82) is 0 Å². The van der Waals surface area contributed by atoms with Gasteiger partial charge in [0, 0.05) is 31.8 Å². The molecule has 1 unspecified atom stereocenters.